The molecule has 0 fully saturated rings. The maximum Gasteiger partial charge on any atom is 0.573 e. The highest BCUT2D eigenvalue weighted by molar-refractivity contribution is 6.16. The lowest BCUT2D eigenvalue weighted by molar-refractivity contribution is -0.274. The number of methoxy groups -OCH3 is 1. The molecule has 0 saturated carbocycles. The van der Waals surface area contributed by atoms with Crippen LogP contribution in [0, 0.1) is 5.92 Å². The normalized spacial score (nSPS) is 16.7. The number of rotatable bonds is 7. The zero-order valence-corrected chi connectivity index (χ0v) is 17.6. The number of aliphatic hydroxyl groups is 1. The van der Waals surface area contributed by atoms with Gasteiger partial charge < -0.3 is 14.6 Å². The van der Waals surface area contributed by atoms with Gasteiger partial charge in [0.15, 0.2) is 11.5 Å². The van der Waals surface area contributed by atoms with Crippen molar-refractivity contribution < 1.29 is 37.3 Å². The summed E-state index contributed by atoms with van der Waals surface area (Å²) >= 11 is 0. The number of amides is 1. The molecule has 1 amide bonds. The second kappa shape index (κ2) is 8.94. The van der Waals surface area contributed by atoms with Gasteiger partial charge in [-0.1, -0.05) is 26.0 Å². The molecular formula is C23H22F3NO5. The van der Waals surface area contributed by atoms with Crippen molar-refractivity contribution in [1.82, 2.24) is 0 Å². The molecule has 3 rings (SSSR count). The molecule has 0 aliphatic carbocycles. The summed E-state index contributed by atoms with van der Waals surface area (Å²) in [6.45, 7) is 3.67. The lowest BCUT2D eigenvalue weighted by Gasteiger charge is -2.27. The molecule has 1 atom stereocenters. The fourth-order valence-electron chi connectivity index (χ4n) is 3.57. The van der Waals surface area contributed by atoms with Gasteiger partial charge in [-0.15, -0.1) is 13.2 Å². The number of ketones is 1. The second-order valence-electron chi connectivity index (χ2n) is 7.68. The Labute approximate surface area is 182 Å². The Kier molecular flexibility index (Phi) is 6.47. The van der Waals surface area contributed by atoms with E-state index in [1.54, 1.807) is 24.3 Å². The molecule has 1 aliphatic heterocycles. The van der Waals surface area contributed by atoms with Crippen LogP contribution >= 0.6 is 0 Å². The summed E-state index contributed by atoms with van der Waals surface area (Å²) in [6.07, 6.45) is -4.75. The minimum absolute atomic E-state index is 0.0169. The number of carbonyl (C=O) groups is 2. The topological polar surface area (TPSA) is 76.1 Å². The van der Waals surface area contributed by atoms with E-state index in [9.17, 15) is 27.9 Å². The van der Waals surface area contributed by atoms with Crippen LogP contribution in [0.25, 0.3) is 0 Å². The van der Waals surface area contributed by atoms with Crippen molar-refractivity contribution in [2.24, 2.45) is 5.92 Å². The number of hydrogen-bond acceptors (Lipinski definition) is 5. The maximum absolute atomic E-state index is 13.0. The molecule has 9 heteroatoms. The van der Waals surface area contributed by atoms with Gasteiger partial charge in [-0.05, 0) is 47.9 Å². The number of ether oxygens (including phenoxy) is 2. The molecule has 0 radical (unpaired) electrons. The summed E-state index contributed by atoms with van der Waals surface area (Å²) in [5.74, 6) is -1.90. The van der Waals surface area contributed by atoms with Gasteiger partial charge in [0.25, 0.3) is 5.91 Å². The lowest BCUT2D eigenvalue weighted by Crippen LogP contribution is -2.31. The van der Waals surface area contributed by atoms with E-state index in [1.807, 2.05) is 13.8 Å². The van der Waals surface area contributed by atoms with Crippen LogP contribution in [-0.4, -0.2) is 30.3 Å². The Bertz CT molecular complexity index is 1040. The molecule has 6 nitrogen and oxygen atoms in total. The maximum atomic E-state index is 13.0. The molecular weight excluding hydrogens is 427 g/mol. The molecule has 1 heterocycles. The Morgan fingerprint density at radius 1 is 1.12 bits per heavy atom. The number of hydrogen-bond donors (Lipinski definition) is 1. The number of nitrogens with zero attached hydrogens (tertiary/aromatic N) is 1. The van der Waals surface area contributed by atoms with Crippen LogP contribution in [0.2, 0.25) is 0 Å². The number of carbonyl (C=O) groups excluding carboxylic acids is 2. The van der Waals surface area contributed by atoms with Crippen LogP contribution in [0.5, 0.6) is 11.5 Å². The molecule has 2 aromatic carbocycles. The van der Waals surface area contributed by atoms with Crippen LogP contribution in [0.15, 0.2) is 59.9 Å². The number of anilines is 1. The largest absolute Gasteiger partial charge is 0.573 e. The van der Waals surface area contributed by atoms with E-state index in [4.69, 9.17) is 4.74 Å². The Hall–Kier alpha value is -3.49. The summed E-state index contributed by atoms with van der Waals surface area (Å²) in [5.41, 5.74) is 0.633. The number of benzene rings is 2. The van der Waals surface area contributed by atoms with Gasteiger partial charge in [0.2, 0.25) is 0 Å². The first-order chi connectivity index (χ1) is 15.0. The third-order valence-corrected chi connectivity index (χ3v) is 4.86. The van der Waals surface area contributed by atoms with Crippen molar-refractivity contribution in [3.63, 3.8) is 0 Å². The predicted octanol–water partition coefficient (Wildman–Crippen LogP) is 5.11. The van der Waals surface area contributed by atoms with Gasteiger partial charge in [0.05, 0.1) is 18.7 Å². The zero-order chi connectivity index (χ0) is 23.6. The number of halogens is 3. The van der Waals surface area contributed by atoms with E-state index in [0.717, 1.165) is 12.1 Å². The van der Waals surface area contributed by atoms with Crippen molar-refractivity contribution >= 4 is 17.4 Å². The third kappa shape index (κ3) is 4.87. The van der Waals surface area contributed by atoms with E-state index in [2.05, 4.69) is 4.74 Å². The third-order valence-electron chi connectivity index (χ3n) is 4.86. The highest BCUT2D eigenvalue weighted by Crippen LogP contribution is 2.42. The molecule has 1 N–H and O–H groups in total. The zero-order valence-electron chi connectivity index (χ0n) is 17.6. The average molecular weight is 449 g/mol. The standard InChI is InChI=1S/C23H22F3NO5/c1-13(2)11-18(28)19-20(14-5-4-6-17(12-14)31-3)27(22(30)21(19)29)15-7-9-16(10-8-15)32-23(24,25)26/h4-10,12-13,20,29H,11H2,1-3H3. The molecule has 0 bridgehead atoms. The quantitative estimate of drug-likeness (QED) is 0.636. The minimum atomic E-state index is -4.86. The molecule has 0 aromatic heterocycles. The van der Waals surface area contributed by atoms with Gasteiger partial charge in [0, 0.05) is 12.1 Å². The number of alkyl halides is 3. The van der Waals surface area contributed by atoms with Crippen molar-refractivity contribution in [2.45, 2.75) is 32.7 Å². The van der Waals surface area contributed by atoms with E-state index < -0.39 is 35.6 Å². The fraction of sp³-hybridized carbons (Fsp3) is 0.304. The van der Waals surface area contributed by atoms with E-state index in [0.29, 0.717) is 11.3 Å². The Morgan fingerprint density at radius 3 is 2.34 bits per heavy atom. The molecule has 170 valence electrons. The van der Waals surface area contributed by atoms with Gasteiger partial charge in [-0.3, -0.25) is 14.5 Å². The summed E-state index contributed by atoms with van der Waals surface area (Å²) in [6, 6.07) is 10.3. The van der Waals surface area contributed by atoms with Crippen LogP contribution in [-0.2, 0) is 9.59 Å². The Morgan fingerprint density at radius 2 is 1.78 bits per heavy atom. The summed E-state index contributed by atoms with van der Waals surface area (Å²) in [5, 5.41) is 10.6. The predicted molar refractivity (Wildman–Crippen MR) is 110 cm³/mol. The SMILES string of the molecule is COc1cccc(C2C(C(=O)CC(C)C)=C(O)C(=O)N2c2ccc(OC(F)(F)F)cc2)c1. The molecule has 2 aromatic rings. The average Bonchev–Trinajstić information content (AvgIpc) is 2.98. The highest BCUT2D eigenvalue weighted by Gasteiger charge is 2.44. The van der Waals surface area contributed by atoms with Crippen LogP contribution in [0.3, 0.4) is 0 Å². The summed E-state index contributed by atoms with van der Waals surface area (Å²) in [4.78, 5) is 27.1. The first-order valence-electron chi connectivity index (χ1n) is 9.81. The van der Waals surface area contributed by atoms with Crippen molar-refractivity contribution in [3.05, 3.63) is 65.4 Å². The second-order valence-corrected chi connectivity index (χ2v) is 7.68. The van der Waals surface area contributed by atoms with Gasteiger partial charge >= 0.3 is 6.36 Å². The van der Waals surface area contributed by atoms with Gasteiger partial charge in [-0.25, -0.2) is 0 Å². The van der Waals surface area contributed by atoms with E-state index in [-0.39, 0.29) is 23.6 Å². The van der Waals surface area contributed by atoms with Crippen LogP contribution < -0.4 is 14.4 Å². The van der Waals surface area contributed by atoms with Crippen molar-refractivity contribution in [3.8, 4) is 11.5 Å². The first-order valence-corrected chi connectivity index (χ1v) is 9.81. The van der Waals surface area contributed by atoms with Crippen LogP contribution in [0.4, 0.5) is 18.9 Å². The molecule has 1 unspecified atom stereocenters. The van der Waals surface area contributed by atoms with Crippen LogP contribution in [0.1, 0.15) is 31.9 Å². The van der Waals surface area contributed by atoms with Crippen molar-refractivity contribution in [2.75, 3.05) is 12.0 Å². The summed E-state index contributed by atoms with van der Waals surface area (Å²) in [7, 11) is 1.47. The first kappa shape index (κ1) is 23.2. The highest BCUT2D eigenvalue weighted by atomic mass is 19.4. The molecule has 0 saturated heterocycles. The van der Waals surface area contributed by atoms with E-state index in [1.165, 1.54) is 24.1 Å². The summed E-state index contributed by atoms with van der Waals surface area (Å²) < 4.78 is 46.6. The fourth-order valence-corrected chi connectivity index (χ4v) is 3.57. The lowest BCUT2D eigenvalue weighted by atomic mass is 9.92. The number of Topliss-reactive ketones (excluding diaryl/α,β-unsaturated/α-hetero) is 1. The monoisotopic (exact) mass is 449 g/mol. The molecule has 0 spiro atoms. The van der Waals surface area contributed by atoms with Crippen molar-refractivity contribution in [1.29, 1.82) is 0 Å². The van der Waals surface area contributed by atoms with Gasteiger partial charge in [-0.2, -0.15) is 0 Å². The molecule has 1 aliphatic rings. The molecule has 32 heavy (non-hydrogen) atoms. The van der Waals surface area contributed by atoms with E-state index >= 15 is 0 Å². The minimum Gasteiger partial charge on any atom is -0.503 e. The smallest absolute Gasteiger partial charge is 0.503 e. The van der Waals surface area contributed by atoms with Gasteiger partial charge in [0.1, 0.15) is 11.5 Å². The number of aliphatic hydroxyl groups excluding tert-OH is 1. The Balaban J connectivity index is 2.08.